The summed E-state index contributed by atoms with van der Waals surface area (Å²) in [5.41, 5.74) is 7.47. The van der Waals surface area contributed by atoms with E-state index in [4.69, 9.17) is 11.0 Å². The Morgan fingerprint density at radius 2 is 2.21 bits per heavy atom. The van der Waals surface area contributed by atoms with Crippen molar-refractivity contribution in [3.05, 3.63) is 24.3 Å². The molecule has 102 valence electrons. The van der Waals surface area contributed by atoms with Gasteiger partial charge in [0, 0.05) is 13.1 Å². The molecule has 0 fully saturated rings. The van der Waals surface area contributed by atoms with Gasteiger partial charge in [0.05, 0.1) is 30.4 Å². The molecule has 0 aliphatic rings. The first-order valence-corrected chi connectivity index (χ1v) is 6.42. The molecule has 5 heteroatoms. The number of nitrogens with one attached hydrogen (secondary N) is 1. The molecule has 0 saturated carbocycles. The molecule has 0 radical (unpaired) electrons. The fraction of sp³-hybridized carbons (Fsp3) is 0.429. The second-order valence-electron chi connectivity index (χ2n) is 4.24. The zero-order valence-corrected chi connectivity index (χ0v) is 11.2. The monoisotopic (exact) mass is 260 g/mol. The van der Waals surface area contributed by atoms with Crippen LogP contribution in [0.5, 0.6) is 0 Å². The lowest BCUT2D eigenvalue weighted by atomic mass is 10.2. The van der Waals surface area contributed by atoms with Gasteiger partial charge in [-0.05, 0) is 18.6 Å². The third kappa shape index (κ3) is 4.88. The highest BCUT2D eigenvalue weighted by Gasteiger charge is 2.12. The van der Waals surface area contributed by atoms with Gasteiger partial charge in [-0.2, -0.15) is 5.26 Å². The number of carbonyl (C=O) groups excluding carboxylic acids is 1. The molecule has 0 bridgehead atoms. The maximum atomic E-state index is 11.8. The van der Waals surface area contributed by atoms with E-state index in [-0.39, 0.29) is 12.5 Å². The van der Waals surface area contributed by atoms with Crippen molar-refractivity contribution in [3.63, 3.8) is 0 Å². The molecule has 0 atom stereocenters. The molecule has 0 aliphatic carbocycles. The van der Waals surface area contributed by atoms with Crippen LogP contribution in [0.2, 0.25) is 0 Å². The van der Waals surface area contributed by atoms with E-state index in [2.05, 4.69) is 12.2 Å². The molecule has 1 rings (SSSR count). The number of anilines is 2. The van der Waals surface area contributed by atoms with Crippen molar-refractivity contribution in [2.75, 3.05) is 30.3 Å². The zero-order chi connectivity index (χ0) is 14.1. The van der Waals surface area contributed by atoms with Crippen LogP contribution in [0, 0.1) is 11.3 Å². The lowest BCUT2D eigenvalue weighted by Crippen LogP contribution is -2.38. The van der Waals surface area contributed by atoms with E-state index >= 15 is 0 Å². The van der Waals surface area contributed by atoms with Gasteiger partial charge in [0.15, 0.2) is 0 Å². The van der Waals surface area contributed by atoms with Crippen molar-refractivity contribution in [3.8, 4) is 6.07 Å². The second-order valence-corrected chi connectivity index (χ2v) is 4.24. The van der Waals surface area contributed by atoms with Crippen molar-refractivity contribution in [2.24, 2.45) is 0 Å². The van der Waals surface area contributed by atoms with Crippen LogP contribution in [0.1, 0.15) is 19.8 Å². The summed E-state index contributed by atoms with van der Waals surface area (Å²) in [6.07, 6.45) is 1.26. The van der Waals surface area contributed by atoms with E-state index in [1.807, 2.05) is 35.2 Å². The quantitative estimate of drug-likeness (QED) is 0.575. The Morgan fingerprint density at radius 1 is 1.47 bits per heavy atom. The Hall–Kier alpha value is -2.22. The number of rotatable bonds is 7. The van der Waals surface area contributed by atoms with Gasteiger partial charge in [-0.1, -0.05) is 19.1 Å². The first-order chi connectivity index (χ1) is 9.19. The van der Waals surface area contributed by atoms with E-state index in [0.29, 0.717) is 18.7 Å². The van der Waals surface area contributed by atoms with Gasteiger partial charge in [-0.15, -0.1) is 0 Å². The van der Waals surface area contributed by atoms with Gasteiger partial charge in [0.2, 0.25) is 5.91 Å². The Balaban J connectivity index is 2.66. The first-order valence-electron chi connectivity index (χ1n) is 6.42. The number of nitrogens with zero attached hydrogens (tertiary/aromatic N) is 2. The Morgan fingerprint density at radius 3 is 2.84 bits per heavy atom. The van der Waals surface area contributed by atoms with Crippen LogP contribution in [-0.2, 0) is 4.79 Å². The molecular weight excluding hydrogens is 240 g/mol. The molecule has 0 saturated heterocycles. The van der Waals surface area contributed by atoms with Gasteiger partial charge in [-0.25, -0.2) is 0 Å². The van der Waals surface area contributed by atoms with Crippen molar-refractivity contribution < 1.29 is 4.79 Å². The number of amides is 1. The zero-order valence-electron chi connectivity index (χ0n) is 11.2. The van der Waals surface area contributed by atoms with Crippen molar-refractivity contribution in [1.29, 1.82) is 5.26 Å². The Labute approximate surface area is 114 Å². The van der Waals surface area contributed by atoms with Crippen LogP contribution in [-0.4, -0.2) is 25.5 Å². The predicted octanol–water partition coefficient (Wildman–Crippen LogP) is 1.52. The van der Waals surface area contributed by atoms with E-state index in [9.17, 15) is 4.79 Å². The first kappa shape index (κ1) is 14.8. The molecule has 0 unspecified atom stereocenters. The molecule has 19 heavy (non-hydrogen) atoms. The predicted molar refractivity (Wildman–Crippen MR) is 76.6 cm³/mol. The largest absolute Gasteiger partial charge is 0.397 e. The number of nitriles is 1. The van der Waals surface area contributed by atoms with Gasteiger partial charge in [-0.3, -0.25) is 4.79 Å². The average molecular weight is 260 g/mol. The van der Waals surface area contributed by atoms with Crippen LogP contribution in [0.25, 0.3) is 0 Å². The van der Waals surface area contributed by atoms with Gasteiger partial charge < -0.3 is 16.0 Å². The highest BCUT2D eigenvalue weighted by Crippen LogP contribution is 2.22. The number of benzene rings is 1. The van der Waals surface area contributed by atoms with E-state index in [0.717, 1.165) is 18.7 Å². The Bertz CT molecular complexity index is 453. The van der Waals surface area contributed by atoms with E-state index < -0.39 is 0 Å². The summed E-state index contributed by atoms with van der Waals surface area (Å²) < 4.78 is 0. The molecule has 3 N–H and O–H groups in total. The normalized spacial score (nSPS) is 9.68. The van der Waals surface area contributed by atoms with Crippen LogP contribution < -0.4 is 16.0 Å². The summed E-state index contributed by atoms with van der Waals surface area (Å²) in [4.78, 5) is 13.7. The number of hydrogen-bond acceptors (Lipinski definition) is 4. The fourth-order valence-electron chi connectivity index (χ4n) is 1.82. The summed E-state index contributed by atoms with van der Waals surface area (Å²) in [5, 5.41) is 11.1. The molecule has 5 nitrogen and oxygen atoms in total. The molecule has 1 aromatic carbocycles. The highest BCUT2D eigenvalue weighted by molar-refractivity contribution is 5.83. The van der Waals surface area contributed by atoms with Crippen LogP contribution in [0.15, 0.2) is 24.3 Å². The summed E-state index contributed by atoms with van der Waals surface area (Å²) in [6, 6.07) is 9.50. The minimum Gasteiger partial charge on any atom is -0.397 e. The third-order valence-corrected chi connectivity index (χ3v) is 2.66. The number of carbonyl (C=O) groups is 1. The summed E-state index contributed by atoms with van der Waals surface area (Å²) in [5.74, 6) is -0.0908. The van der Waals surface area contributed by atoms with Gasteiger partial charge in [0.1, 0.15) is 0 Å². The number of nitrogens with two attached hydrogens (primary N) is 1. The lowest BCUT2D eigenvalue weighted by Gasteiger charge is -2.25. The Kier molecular flexibility index (Phi) is 6.23. The van der Waals surface area contributed by atoms with Crippen LogP contribution >= 0.6 is 0 Å². The summed E-state index contributed by atoms with van der Waals surface area (Å²) in [7, 11) is 0. The molecule has 1 amide bonds. The van der Waals surface area contributed by atoms with Crippen molar-refractivity contribution >= 4 is 17.3 Å². The topological polar surface area (TPSA) is 82.2 Å². The van der Waals surface area contributed by atoms with Gasteiger partial charge >= 0.3 is 0 Å². The van der Waals surface area contributed by atoms with Crippen LogP contribution in [0.4, 0.5) is 11.4 Å². The molecular formula is C14H20N4O. The van der Waals surface area contributed by atoms with E-state index in [1.54, 1.807) is 0 Å². The molecule has 0 spiro atoms. The lowest BCUT2D eigenvalue weighted by molar-refractivity contribution is -0.119. The molecule has 0 aliphatic heterocycles. The smallest absolute Gasteiger partial charge is 0.239 e. The highest BCUT2D eigenvalue weighted by atomic mass is 16.2. The number of nitrogen functional groups attached to an aromatic ring is 1. The summed E-state index contributed by atoms with van der Waals surface area (Å²) in [6.45, 7) is 3.46. The third-order valence-electron chi connectivity index (χ3n) is 2.66. The molecule has 0 heterocycles. The fourth-order valence-corrected chi connectivity index (χ4v) is 1.82. The van der Waals surface area contributed by atoms with Crippen LogP contribution in [0.3, 0.4) is 0 Å². The second kappa shape index (κ2) is 7.98. The number of hydrogen-bond donors (Lipinski definition) is 2. The molecule has 0 aromatic heterocycles. The van der Waals surface area contributed by atoms with E-state index in [1.165, 1.54) is 0 Å². The maximum Gasteiger partial charge on any atom is 0.239 e. The van der Waals surface area contributed by atoms with Crippen molar-refractivity contribution in [1.82, 2.24) is 5.32 Å². The van der Waals surface area contributed by atoms with Gasteiger partial charge in [0.25, 0.3) is 0 Å². The maximum absolute atomic E-state index is 11.8. The average Bonchev–Trinajstić information content (AvgIpc) is 2.39. The van der Waals surface area contributed by atoms with Crippen molar-refractivity contribution in [2.45, 2.75) is 19.8 Å². The number of para-hydroxylation sites is 2. The standard InChI is InChI=1S/C14H20N4O/c1-2-10-18(11-14(19)17-9-5-8-15)13-7-4-3-6-12(13)16/h3-4,6-7H,2,5,9-11,16H2,1H3,(H,17,19). The minimum absolute atomic E-state index is 0.0908. The summed E-state index contributed by atoms with van der Waals surface area (Å²) >= 11 is 0. The SMILES string of the molecule is CCCN(CC(=O)NCCC#N)c1ccccc1N. The molecule has 1 aromatic rings. The minimum atomic E-state index is -0.0908.